The topological polar surface area (TPSA) is 37.4 Å². The maximum Gasteiger partial charge on any atom is 0.264 e. The van der Waals surface area contributed by atoms with Gasteiger partial charge in [0.05, 0.1) is 10.6 Å². The molecule has 112 valence electrons. The van der Waals surface area contributed by atoms with Crippen molar-refractivity contribution in [1.82, 2.24) is 0 Å². The summed E-state index contributed by atoms with van der Waals surface area (Å²) in [7, 11) is -1.99. The van der Waals surface area contributed by atoms with Crippen molar-refractivity contribution >= 4 is 49.1 Å². The highest BCUT2D eigenvalue weighted by molar-refractivity contribution is 14.1. The summed E-state index contributed by atoms with van der Waals surface area (Å²) in [6.07, 6.45) is 0. The Hall–Kier alpha value is -1.60. The molecule has 0 aliphatic heterocycles. The molecular weight excluding hydrogens is 409 g/mol. The van der Waals surface area contributed by atoms with Gasteiger partial charge < -0.3 is 0 Å². The molecule has 0 aromatic heterocycles. The summed E-state index contributed by atoms with van der Waals surface area (Å²) in [5, 5.41) is 1.94. The van der Waals surface area contributed by atoms with Crippen molar-refractivity contribution in [2.75, 3.05) is 11.4 Å². The molecule has 5 heteroatoms. The van der Waals surface area contributed by atoms with E-state index in [0.29, 0.717) is 10.6 Å². The van der Waals surface area contributed by atoms with Crippen LogP contribution in [0, 0.1) is 3.57 Å². The molecule has 3 aromatic carbocycles. The summed E-state index contributed by atoms with van der Waals surface area (Å²) in [5.41, 5.74) is 0.677. The molecule has 0 radical (unpaired) electrons. The van der Waals surface area contributed by atoms with Crippen molar-refractivity contribution < 1.29 is 8.42 Å². The fourth-order valence-corrected chi connectivity index (χ4v) is 4.49. The molecular formula is C17H14INO2S. The number of fused-ring (bicyclic) bond motifs is 1. The van der Waals surface area contributed by atoms with Crippen molar-refractivity contribution in [1.29, 1.82) is 0 Å². The molecule has 22 heavy (non-hydrogen) atoms. The Balaban J connectivity index is 2.09. The summed E-state index contributed by atoms with van der Waals surface area (Å²) in [6.45, 7) is 0. The van der Waals surface area contributed by atoms with E-state index in [4.69, 9.17) is 0 Å². The maximum absolute atomic E-state index is 12.9. The summed E-state index contributed by atoms with van der Waals surface area (Å²) < 4.78 is 27.9. The number of hydrogen-bond acceptors (Lipinski definition) is 2. The lowest BCUT2D eigenvalue weighted by atomic mass is 10.1. The van der Waals surface area contributed by atoms with Crippen LogP contribution in [0.25, 0.3) is 10.8 Å². The second-order valence-electron chi connectivity index (χ2n) is 4.93. The zero-order chi connectivity index (χ0) is 15.7. The molecule has 0 unspecified atom stereocenters. The van der Waals surface area contributed by atoms with Crippen molar-refractivity contribution in [3.63, 3.8) is 0 Å². The van der Waals surface area contributed by atoms with Crippen LogP contribution >= 0.6 is 22.6 Å². The van der Waals surface area contributed by atoms with Crippen molar-refractivity contribution in [2.45, 2.75) is 4.90 Å². The van der Waals surface area contributed by atoms with Crippen LogP contribution < -0.4 is 4.31 Å². The predicted molar refractivity (Wildman–Crippen MR) is 98.7 cm³/mol. The zero-order valence-electron chi connectivity index (χ0n) is 11.9. The molecule has 0 atom stereocenters. The summed E-state index contributed by atoms with van der Waals surface area (Å²) >= 11 is 2.14. The minimum absolute atomic E-state index is 0.299. The zero-order valence-corrected chi connectivity index (χ0v) is 14.9. The molecule has 0 aliphatic rings. The Bertz CT molecular complexity index is 938. The van der Waals surface area contributed by atoms with Gasteiger partial charge in [-0.3, -0.25) is 4.31 Å². The maximum atomic E-state index is 12.9. The van der Waals surface area contributed by atoms with Crippen LogP contribution in [0.15, 0.2) is 71.6 Å². The van der Waals surface area contributed by atoms with Gasteiger partial charge in [0.2, 0.25) is 0 Å². The number of nitrogens with zero attached hydrogens (tertiary/aromatic N) is 1. The molecule has 3 aromatic rings. The second-order valence-corrected chi connectivity index (χ2v) is 8.06. The lowest BCUT2D eigenvalue weighted by Gasteiger charge is -2.21. The first-order valence-electron chi connectivity index (χ1n) is 6.72. The highest BCUT2D eigenvalue weighted by atomic mass is 127. The van der Waals surface area contributed by atoms with Gasteiger partial charge in [-0.2, -0.15) is 0 Å². The van der Waals surface area contributed by atoms with Crippen molar-refractivity contribution in [2.24, 2.45) is 0 Å². The van der Waals surface area contributed by atoms with E-state index in [-0.39, 0.29) is 0 Å². The van der Waals surface area contributed by atoms with E-state index < -0.39 is 10.0 Å². The van der Waals surface area contributed by atoms with E-state index in [2.05, 4.69) is 22.6 Å². The fraction of sp³-hybridized carbons (Fsp3) is 0.0588. The first kappa shape index (κ1) is 15.3. The average molecular weight is 423 g/mol. The molecule has 0 saturated heterocycles. The fourth-order valence-electron chi connectivity index (χ4n) is 2.32. The number of hydrogen-bond donors (Lipinski definition) is 0. The molecule has 0 spiro atoms. The first-order chi connectivity index (χ1) is 10.5. The molecule has 0 saturated carbocycles. The van der Waals surface area contributed by atoms with Crippen LogP contribution in [0.4, 0.5) is 5.69 Å². The monoisotopic (exact) mass is 423 g/mol. The molecule has 0 fully saturated rings. The van der Waals surface area contributed by atoms with Crippen molar-refractivity contribution in [3.8, 4) is 0 Å². The Morgan fingerprint density at radius 2 is 1.50 bits per heavy atom. The minimum Gasteiger partial charge on any atom is -0.268 e. The molecule has 0 bridgehead atoms. The van der Waals surface area contributed by atoms with Crippen LogP contribution in [-0.2, 0) is 10.0 Å². The first-order valence-corrected chi connectivity index (χ1v) is 9.24. The highest BCUT2D eigenvalue weighted by Crippen LogP contribution is 2.28. The van der Waals surface area contributed by atoms with Gasteiger partial charge in [0.1, 0.15) is 0 Å². The normalized spacial score (nSPS) is 11.5. The van der Waals surface area contributed by atoms with E-state index in [1.165, 1.54) is 4.31 Å². The predicted octanol–water partition coefficient (Wildman–Crippen LogP) is 4.27. The Kier molecular flexibility index (Phi) is 4.10. The van der Waals surface area contributed by atoms with Gasteiger partial charge >= 0.3 is 0 Å². The molecule has 0 amide bonds. The van der Waals surface area contributed by atoms with Crippen LogP contribution in [-0.4, -0.2) is 15.5 Å². The van der Waals surface area contributed by atoms with Gasteiger partial charge in [-0.15, -0.1) is 0 Å². The number of benzene rings is 3. The lowest BCUT2D eigenvalue weighted by Crippen LogP contribution is -2.27. The van der Waals surface area contributed by atoms with Gasteiger partial charge in [0.15, 0.2) is 0 Å². The second kappa shape index (κ2) is 5.89. The average Bonchev–Trinajstić information content (AvgIpc) is 2.54. The van der Waals surface area contributed by atoms with Crippen LogP contribution in [0.5, 0.6) is 0 Å². The Morgan fingerprint density at radius 3 is 2.23 bits per heavy atom. The Morgan fingerprint density at radius 1 is 0.864 bits per heavy atom. The summed E-state index contributed by atoms with van der Waals surface area (Å²) in [5.74, 6) is 0. The number of sulfonamides is 1. The smallest absolute Gasteiger partial charge is 0.264 e. The van der Waals surface area contributed by atoms with Gasteiger partial charge in [-0.1, -0.05) is 42.5 Å². The number of rotatable bonds is 3. The standard InChI is InChI=1S/C17H14INO2S/c1-19(17-9-5-4-8-16(17)18)22(20,21)15-11-10-13-6-2-3-7-14(13)12-15/h2-12H,1H3. The number of anilines is 1. The molecule has 3 nitrogen and oxygen atoms in total. The Labute approximate surface area is 143 Å². The lowest BCUT2D eigenvalue weighted by molar-refractivity contribution is 0.594. The third-order valence-corrected chi connectivity index (χ3v) is 6.25. The van der Waals surface area contributed by atoms with Crippen molar-refractivity contribution in [3.05, 3.63) is 70.3 Å². The largest absolute Gasteiger partial charge is 0.268 e. The molecule has 0 heterocycles. The van der Waals surface area contributed by atoms with Gasteiger partial charge in [-0.25, -0.2) is 8.42 Å². The molecule has 0 aliphatic carbocycles. The van der Waals surface area contributed by atoms with E-state index in [1.54, 1.807) is 25.2 Å². The molecule has 3 rings (SSSR count). The van der Waals surface area contributed by atoms with E-state index in [1.807, 2.05) is 48.5 Å². The van der Waals surface area contributed by atoms with Gasteiger partial charge in [0, 0.05) is 10.6 Å². The SMILES string of the molecule is CN(c1ccccc1I)S(=O)(=O)c1ccc2ccccc2c1. The molecule has 0 N–H and O–H groups in total. The van der Waals surface area contributed by atoms with Gasteiger partial charge in [-0.05, 0) is 57.6 Å². The quantitative estimate of drug-likeness (QED) is 0.591. The third kappa shape index (κ3) is 2.70. The van der Waals surface area contributed by atoms with E-state index in [0.717, 1.165) is 14.3 Å². The summed E-state index contributed by atoms with van der Waals surface area (Å²) in [4.78, 5) is 0.299. The van der Waals surface area contributed by atoms with E-state index >= 15 is 0 Å². The van der Waals surface area contributed by atoms with Gasteiger partial charge in [0.25, 0.3) is 10.0 Å². The van der Waals surface area contributed by atoms with Crippen LogP contribution in [0.3, 0.4) is 0 Å². The third-order valence-electron chi connectivity index (χ3n) is 3.57. The highest BCUT2D eigenvalue weighted by Gasteiger charge is 2.22. The number of para-hydroxylation sites is 1. The van der Waals surface area contributed by atoms with E-state index in [9.17, 15) is 8.42 Å². The minimum atomic E-state index is -3.58. The summed E-state index contributed by atoms with van der Waals surface area (Å²) in [6, 6.07) is 20.4. The van der Waals surface area contributed by atoms with Crippen LogP contribution in [0.2, 0.25) is 0 Å². The van der Waals surface area contributed by atoms with Crippen LogP contribution in [0.1, 0.15) is 0 Å². The number of halogens is 1.